The second-order valence-electron chi connectivity index (χ2n) is 8.03. The maximum Gasteiger partial charge on any atom is 0.375 e. The number of rotatable bonds is 10. The summed E-state index contributed by atoms with van der Waals surface area (Å²) in [6.45, 7) is 1.82. The summed E-state index contributed by atoms with van der Waals surface area (Å²) in [7, 11) is 0. The third-order valence-electron chi connectivity index (χ3n) is 5.65. The zero-order chi connectivity index (χ0) is 26.1. The molecule has 2 rings (SSSR count). The number of alkyl halides is 6. The molecule has 2 aromatic rings. The van der Waals surface area contributed by atoms with Crippen molar-refractivity contribution in [3.8, 4) is 5.75 Å². The van der Waals surface area contributed by atoms with Gasteiger partial charge in [0.1, 0.15) is 0 Å². The number of ether oxygens (including phenoxy) is 1. The third kappa shape index (κ3) is 5.27. The summed E-state index contributed by atoms with van der Waals surface area (Å²) in [6.07, 6.45) is -1.54. The van der Waals surface area contributed by atoms with Gasteiger partial charge < -0.3 is 4.74 Å². The van der Waals surface area contributed by atoms with Gasteiger partial charge in [0.2, 0.25) is 11.6 Å². The monoisotopic (exact) mass is 504 g/mol. The van der Waals surface area contributed by atoms with E-state index in [1.165, 1.54) is 12.1 Å². The molecule has 0 spiro atoms. The van der Waals surface area contributed by atoms with E-state index < -0.39 is 71.8 Å². The Morgan fingerprint density at radius 3 is 1.76 bits per heavy atom. The van der Waals surface area contributed by atoms with Gasteiger partial charge in [-0.2, -0.15) is 35.1 Å². The fraction of sp³-hybridized carbons (Fsp3) is 0.478. The molecule has 0 saturated carbocycles. The van der Waals surface area contributed by atoms with E-state index in [4.69, 9.17) is 0 Å². The normalized spacial score (nSPS) is 13.8. The van der Waals surface area contributed by atoms with Gasteiger partial charge in [-0.05, 0) is 36.8 Å². The van der Waals surface area contributed by atoms with Crippen LogP contribution in [0.2, 0.25) is 0 Å². The highest BCUT2D eigenvalue weighted by Crippen LogP contribution is 2.48. The summed E-state index contributed by atoms with van der Waals surface area (Å²) in [5.74, 6) is -27.3. The first kappa shape index (κ1) is 27.8. The summed E-state index contributed by atoms with van der Waals surface area (Å²) >= 11 is 0. The number of aryl methyl sites for hydroxylation is 1. The highest BCUT2D eigenvalue weighted by molar-refractivity contribution is 5.34. The molecule has 1 nitrogen and oxygen atoms in total. The minimum atomic E-state index is -6.01. The largest absolute Gasteiger partial charge is 0.481 e. The molecular formula is C23H22F10O. The van der Waals surface area contributed by atoms with Crippen LogP contribution in [-0.4, -0.2) is 24.4 Å². The van der Waals surface area contributed by atoms with Crippen LogP contribution >= 0.6 is 0 Å². The van der Waals surface area contributed by atoms with Crippen molar-refractivity contribution in [2.45, 2.75) is 63.7 Å². The van der Waals surface area contributed by atoms with Gasteiger partial charge in [0, 0.05) is 12.0 Å². The molecule has 0 amide bonds. The Morgan fingerprint density at radius 1 is 0.794 bits per heavy atom. The Hall–Kier alpha value is -2.46. The van der Waals surface area contributed by atoms with Crippen LogP contribution in [0.5, 0.6) is 5.75 Å². The van der Waals surface area contributed by atoms with E-state index in [2.05, 4.69) is 4.74 Å². The molecule has 190 valence electrons. The van der Waals surface area contributed by atoms with E-state index in [1.54, 1.807) is 12.1 Å². The lowest BCUT2D eigenvalue weighted by Crippen LogP contribution is -2.56. The van der Waals surface area contributed by atoms with E-state index >= 15 is 0 Å². The highest BCUT2D eigenvalue weighted by atomic mass is 19.3. The topological polar surface area (TPSA) is 9.23 Å². The molecule has 11 heteroatoms. The molecule has 1 atom stereocenters. The van der Waals surface area contributed by atoms with Crippen LogP contribution in [0.3, 0.4) is 0 Å². The van der Waals surface area contributed by atoms with Crippen molar-refractivity contribution < 1.29 is 48.6 Å². The maximum absolute atomic E-state index is 14.2. The number of benzene rings is 2. The van der Waals surface area contributed by atoms with Crippen molar-refractivity contribution in [1.82, 2.24) is 0 Å². The van der Waals surface area contributed by atoms with Crippen molar-refractivity contribution in [2.75, 3.05) is 6.61 Å². The van der Waals surface area contributed by atoms with Crippen LogP contribution in [-0.2, 0) is 6.42 Å². The summed E-state index contributed by atoms with van der Waals surface area (Å²) < 4.78 is 143. The first-order valence-corrected chi connectivity index (χ1v) is 10.2. The van der Waals surface area contributed by atoms with Gasteiger partial charge in [-0.15, -0.1) is 0 Å². The molecule has 0 aliphatic carbocycles. The molecule has 0 fully saturated rings. The fourth-order valence-corrected chi connectivity index (χ4v) is 3.08. The van der Waals surface area contributed by atoms with Gasteiger partial charge in [-0.1, -0.05) is 38.1 Å². The number of hydrogen-bond acceptors (Lipinski definition) is 1. The van der Waals surface area contributed by atoms with Gasteiger partial charge in [-0.25, -0.2) is 8.78 Å². The predicted molar refractivity (Wildman–Crippen MR) is 105 cm³/mol. The van der Waals surface area contributed by atoms with Crippen molar-refractivity contribution >= 4 is 0 Å². The molecule has 0 bridgehead atoms. The lowest BCUT2D eigenvalue weighted by atomic mass is 9.94. The standard InChI is InChI=1S/C23H22F10O/c1-4-12(2)15-7-5-14(6-8-15)9-10-21(28,29)23(32,33)22(30,31)11-34-20-18(26)16(24)13(3)17(25)19(20)27/h5-8,12H,4,9-11H2,1-3H3. The zero-order valence-electron chi connectivity index (χ0n) is 18.4. The van der Waals surface area contributed by atoms with Crippen molar-refractivity contribution in [2.24, 2.45) is 0 Å². The Kier molecular flexibility index (Phi) is 8.20. The first-order chi connectivity index (χ1) is 15.6. The third-order valence-corrected chi connectivity index (χ3v) is 5.65. The van der Waals surface area contributed by atoms with Gasteiger partial charge in [-0.3, -0.25) is 0 Å². The molecule has 34 heavy (non-hydrogen) atoms. The van der Waals surface area contributed by atoms with Crippen LogP contribution in [0.1, 0.15) is 49.3 Å². The minimum Gasteiger partial charge on any atom is -0.481 e. The Morgan fingerprint density at radius 2 is 1.29 bits per heavy atom. The van der Waals surface area contributed by atoms with Crippen molar-refractivity contribution in [3.63, 3.8) is 0 Å². The molecule has 1 unspecified atom stereocenters. The Labute approximate surface area is 189 Å². The molecule has 0 aromatic heterocycles. The number of hydrogen-bond donors (Lipinski definition) is 0. The average molecular weight is 504 g/mol. The lowest BCUT2D eigenvalue weighted by Gasteiger charge is -2.32. The molecule has 0 radical (unpaired) electrons. The molecular weight excluding hydrogens is 482 g/mol. The van der Waals surface area contributed by atoms with Crippen molar-refractivity contribution in [1.29, 1.82) is 0 Å². The van der Waals surface area contributed by atoms with Gasteiger partial charge >= 0.3 is 17.8 Å². The van der Waals surface area contributed by atoms with Crippen LogP contribution in [0.4, 0.5) is 43.9 Å². The van der Waals surface area contributed by atoms with E-state index in [-0.39, 0.29) is 11.5 Å². The molecule has 2 aromatic carbocycles. The van der Waals surface area contributed by atoms with Gasteiger partial charge in [0.15, 0.2) is 24.0 Å². The summed E-state index contributed by atoms with van der Waals surface area (Å²) in [6, 6.07) is 6.07. The summed E-state index contributed by atoms with van der Waals surface area (Å²) in [5, 5.41) is 0. The van der Waals surface area contributed by atoms with E-state index in [1.807, 2.05) is 13.8 Å². The molecule has 0 saturated heterocycles. The van der Waals surface area contributed by atoms with Crippen molar-refractivity contribution in [3.05, 3.63) is 64.2 Å². The Balaban J connectivity index is 2.16. The van der Waals surface area contributed by atoms with Crippen LogP contribution in [0, 0.1) is 30.2 Å². The Bertz CT molecular complexity index is 973. The smallest absolute Gasteiger partial charge is 0.375 e. The molecule has 0 heterocycles. The van der Waals surface area contributed by atoms with Crippen LogP contribution in [0.25, 0.3) is 0 Å². The maximum atomic E-state index is 14.2. The molecule has 0 aliphatic rings. The molecule has 0 aliphatic heterocycles. The molecule has 0 N–H and O–H groups in total. The van der Waals surface area contributed by atoms with Gasteiger partial charge in [0.05, 0.1) is 0 Å². The van der Waals surface area contributed by atoms with Gasteiger partial charge in [0.25, 0.3) is 0 Å². The summed E-state index contributed by atoms with van der Waals surface area (Å²) in [5.41, 5.74) is -0.0598. The first-order valence-electron chi connectivity index (χ1n) is 10.2. The summed E-state index contributed by atoms with van der Waals surface area (Å²) in [4.78, 5) is 0. The zero-order valence-corrected chi connectivity index (χ0v) is 18.4. The highest BCUT2D eigenvalue weighted by Gasteiger charge is 2.71. The SMILES string of the molecule is CCC(C)c1ccc(CCC(F)(F)C(F)(F)C(F)(F)COc2c(F)c(F)c(C)c(F)c2F)cc1. The second-order valence-corrected chi connectivity index (χ2v) is 8.03. The fourth-order valence-electron chi connectivity index (χ4n) is 3.08. The predicted octanol–water partition coefficient (Wildman–Crippen LogP) is 7.98. The quantitative estimate of drug-likeness (QED) is 0.236. The van der Waals surface area contributed by atoms with Crippen LogP contribution in [0.15, 0.2) is 24.3 Å². The minimum absolute atomic E-state index is 0.170. The van der Waals surface area contributed by atoms with E-state index in [0.717, 1.165) is 12.0 Å². The number of halogens is 10. The van der Waals surface area contributed by atoms with E-state index in [9.17, 15) is 43.9 Å². The average Bonchev–Trinajstić information content (AvgIpc) is 2.79. The van der Waals surface area contributed by atoms with E-state index in [0.29, 0.717) is 6.92 Å². The lowest BCUT2D eigenvalue weighted by molar-refractivity contribution is -0.316. The second kappa shape index (κ2) is 10.0. The van der Waals surface area contributed by atoms with Crippen LogP contribution < -0.4 is 4.74 Å².